The monoisotopic (exact) mass is 437 g/mol. The Balaban J connectivity index is 1.45. The molecular formula is C24H28ClN5O. The molecule has 0 aliphatic carbocycles. The number of nitrogens with zero attached hydrogens (tertiary/aromatic N) is 5. The van der Waals surface area contributed by atoms with Crippen LogP contribution in [-0.2, 0) is 19.5 Å². The minimum Gasteiger partial charge on any atom is -0.333 e. The maximum absolute atomic E-state index is 13.6. The first-order chi connectivity index (χ1) is 15.1. The molecule has 2 aliphatic rings. The predicted molar refractivity (Wildman–Crippen MR) is 122 cm³/mol. The van der Waals surface area contributed by atoms with E-state index in [4.69, 9.17) is 16.6 Å². The van der Waals surface area contributed by atoms with Crippen molar-refractivity contribution in [1.29, 1.82) is 0 Å². The van der Waals surface area contributed by atoms with Crippen LogP contribution >= 0.6 is 11.6 Å². The molecule has 1 fully saturated rings. The van der Waals surface area contributed by atoms with Gasteiger partial charge in [-0.2, -0.15) is 0 Å². The van der Waals surface area contributed by atoms with Gasteiger partial charge in [-0.1, -0.05) is 42.8 Å². The molecule has 0 spiro atoms. The van der Waals surface area contributed by atoms with E-state index in [9.17, 15) is 4.79 Å². The number of piperazine rings is 1. The average molecular weight is 438 g/mol. The highest BCUT2D eigenvalue weighted by molar-refractivity contribution is 6.30. The molecule has 0 saturated carbocycles. The van der Waals surface area contributed by atoms with E-state index in [0.717, 1.165) is 57.0 Å². The van der Waals surface area contributed by atoms with Gasteiger partial charge in [0.2, 0.25) is 0 Å². The minimum absolute atomic E-state index is 0.0107. The third-order valence-corrected chi connectivity index (χ3v) is 6.81. The number of imidazole rings is 1. The lowest BCUT2D eigenvalue weighted by Crippen LogP contribution is -2.46. The molecule has 0 N–H and O–H groups in total. The standard InChI is InChI=1S/C24H28ClN5O/c1-2-27-11-13-28(14-12-27)17-21-23(26-22-8-7-20(25)16-30(21)22)24(31)29-10-9-18-5-3-4-6-19(18)15-29/h3-8,16H,2,9-15,17H2,1H3. The van der Waals surface area contributed by atoms with Gasteiger partial charge >= 0.3 is 0 Å². The summed E-state index contributed by atoms with van der Waals surface area (Å²) in [4.78, 5) is 25.2. The molecule has 2 aliphatic heterocycles. The van der Waals surface area contributed by atoms with Crippen LogP contribution in [-0.4, -0.2) is 69.3 Å². The first kappa shape index (κ1) is 20.5. The number of hydrogen-bond donors (Lipinski definition) is 0. The van der Waals surface area contributed by atoms with Crippen LogP contribution in [0.15, 0.2) is 42.6 Å². The average Bonchev–Trinajstić information content (AvgIpc) is 3.16. The normalized spacial score (nSPS) is 17.8. The summed E-state index contributed by atoms with van der Waals surface area (Å²) >= 11 is 6.30. The Bertz CT molecular complexity index is 1100. The largest absolute Gasteiger partial charge is 0.333 e. The Kier molecular flexibility index (Phi) is 5.69. The van der Waals surface area contributed by atoms with Crippen molar-refractivity contribution in [1.82, 2.24) is 24.1 Å². The van der Waals surface area contributed by atoms with Crippen LogP contribution in [0.2, 0.25) is 5.02 Å². The Labute approximate surface area is 188 Å². The van der Waals surface area contributed by atoms with E-state index in [-0.39, 0.29) is 5.91 Å². The fourth-order valence-electron chi connectivity index (χ4n) is 4.68. The van der Waals surface area contributed by atoms with Crippen LogP contribution in [0.3, 0.4) is 0 Å². The smallest absolute Gasteiger partial charge is 0.274 e. The maximum atomic E-state index is 13.6. The molecule has 1 saturated heterocycles. The highest BCUT2D eigenvalue weighted by Gasteiger charge is 2.28. The molecule has 0 radical (unpaired) electrons. The third-order valence-electron chi connectivity index (χ3n) is 6.59. The topological polar surface area (TPSA) is 44.1 Å². The Morgan fingerprint density at radius 2 is 1.74 bits per heavy atom. The second kappa shape index (κ2) is 8.61. The van der Waals surface area contributed by atoms with Gasteiger partial charge in [0.25, 0.3) is 5.91 Å². The third kappa shape index (κ3) is 4.07. The van der Waals surface area contributed by atoms with Crippen molar-refractivity contribution in [2.24, 2.45) is 0 Å². The summed E-state index contributed by atoms with van der Waals surface area (Å²) in [5.41, 5.74) is 4.83. The molecule has 31 heavy (non-hydrogen) atoms. The number of benzene rings is 1. The summed E-state index contributed by atoms with van der Waals surface area (Å²) in [5, 5.41) is 0.646. The summed E-state index contributed by atoms with van der Waals surface area (Å²) in [6.07, 6.45) is 2.76. The number of aromatic nitrogens is 2. The van der Waals surface area contributed by atoms with Crippen molar-refractivity contribution in [3.63, 3.8) is 0 Å². The summed E-state index contributed by atoms with van der Waals surface area (Å²) in [6, 6.07) is 12.1. The highest BCUT2D eigenvalue weighted by Crippen LogP contribution is 2.24. The zero-order valence-electron chi connectivity index (χ0n) is 17.9. The van der Waals surface area contributed by atoms with Crippen molar-refractivity contribution >= 4 is 23.2 Å². The zero-order chi connectivity index (χ0) is 21.4. The number of hydrogen-bond acceptors (Lipinski definition) is 4. The summed E-state index contributed by atoms with van der Waals surface area (Å²) in [6.45, 7) is 9.44. The molecule has 1 amide bonds. The Morgan fingerprint density at radius 3 is 2.52 bits per heavy atom. The lowest BCUT2D eigenvalue weighted by Gasteiger charge is -2.34. The molecule has 1 aromatic carbocycles. The number of rotatable bonds is 4. The van der Waals surface area contributed by atoms with Crippen molar-refractivity contribution in [3.05, 3.63) is 70.1 Å². The maximum Gasteiger partial charge on any atom is 0.274 e. The molecule has 162 valence electrons. The van der Waals surface area contributed by atoms with E-state index in [1.807, 2.05) is 33.7 Å². The molecule has 4 heterocycles. The van der Waals surface area contributed by atoms with Crippen LogP contribution in [0.1, 0.15) is 34.2 Å². The van der Waals surface area contributed by atoms with Crippen molar-refractivity contribution in [2.45, 2.75) is 26.4 Å². The number of carbonyl (C=O) groups excluding carboxylic acids is 1. The fraction of sp³-hybridized carbons (Fsp3) is 0.417. The van der Waals surface area contributed by atoms with Crippen molar-refractivity contribution in [2.75, 3.05) is 39.3 Å². The van der Waals surface area contributed by atoms with Gasteiger partial charge in [0.1, 0.15) is 5.65 Å². The molecule has 3 aromatic rings. The molecule has 5 rings (SSSR count). The van der Waals surface area contributed by atoms with Gasteiger partial charge in [-0.25, -0.2) is 4.98 Å². The van der Waals surface area contributed by atoms with E-state index in [1.165, 1.54) is 11.1 Å². The molecule has 7 heteroatoms. The first-order valence-electron chi connectivity index (χ1n) is 11.1. The summed E-state index contributed by atoms with van der Waals surface area (Å²) in [5.74, 6) is 0.0107. The van der Waals surface area contributed by atoms with Gasteiger partial charge in [0.05, 0.1) is 10.7 Å². The lowest BCUT2D eigenvalue weighted by molar-refractivity contribution is 0.0725. The Hall–Kier alpha value is -2.41. The predicted octanol–water partition coefficient (Wildman–Crippen LogP) is 3.32. The quantitative estimate of drug-likeness (QED) is 0.628. The number of amides is 1. The number of fused-ring (bicyclic) bond motifs is 2. The minimum atomic E-state index is 0.0107. The molecule has 6 nitrogen and oxygen atoms in total. The van der Waals surface area contributed by atoms with Gasteiger partial charge < -0.3 is 14.2 Å². The lowest BCUT2D eigenvalue weighted by atomic mass is 9.99. The molecular weight excluding hydrogens is 410 g/mol. The second-order valence-electron chi connectivity index (χ2n) is 8.44. The summed E-state index contributed by atoms with van der Waals surface area (Å²) in [7, 11) is 0. The van der Waals surface area contributed by atoms with Gasteiger partial charge in [-0.15, -0.1) is 0 Å². The van der Waals surface area contributed by atoms with Gasteiger partial charge in [-0.05, 0) is 36.2 Å². The van der Waals surface area contributed by atoms with E-state index in [2.05, 4.69) is 34.9 Å². The molecule has 2 aromatic heterocycles. The van der Waals surface area contributed by atoms with Gasteiger partial charge in [0, 0.05) is 52.0 Å². The fourth-order valence-corrected chi connectivity index (χ4v) is 4.84. The van der Waals surface area contributed by atoms with Crippen molar-refractivity contribution in [3.8, 4) is 0 Å². The number of carbonyl (C=O) groups is 1. The number of halogens is 1. The van der Waals surface area contributed by atoms with Crippen LogP contribution in [0.25, 0.3) is 5.65 Å². The van der Waals surface area contributed by atoms with E-state index in [1.54, 1.807) is 0 Å². The van der Waals surface area contributed by atoms with Crippen molar-refractivity contribution < 1.29 is 4.79 Å². The van der Waals surface area contributed by atoms with Gasteiger partial charge in [0.15, 0.2) is 5.69 Å². The van der Waals surface area contributed by atoms with Crippen LogP contribution in [0, 0.1) is 0 Å². The van der Waals surface area contributed by atoms with Crippen LogP contribution in [0.5, 0.6) is 0 Å². The number of pyridine rings is 1. The van der Waals surface area contributed by atoms with E-state index >= 15 is 0 Å². The summed E-state index contributed by atoms with van der Waals surface area (Å²) < 4.78 is 2.00. The van der Waals surface area contributed by atoms with E-state index < -0.39 is 0 Å². The first-order valence-corrected chi connectivity index (χ1v) is 11.5. The zero-order valence-corrected chi connectivity index (χ0v) is 18.7. The van der Waals surface area contributed by atoms with Crippen LogP contribution in [0.4, 0.5) is 0 Å². The second-order valence-corrected chi connectivity index (χ2v) is 8.87. The SMILES string of the molecule is CCN1CCN(Cc2c(C(=O)N3CCc4ccccc4C3)nc3ccc(Cl)cn23)CC1. The Morgan fingerprint density at radius 1 is 1.00 bits per heavy atom. The van der Waals surface area contributed by atoms with Gasteiger partial charge in [-0.3, -0.25) is 9.69 Å². The van der Waals surface area contributed by atoms with Crippen LogP contribution < -0.4 is 0 Å². The molecule has 0 unspecified atom stereocenters. The highest BCUT2D eigenvalue weighted by atomic mass is 35.5. The van der Waals surface area contributed by atoms with E-state index in [0.29, 0.717) is 23.8 Å². The molecule has 0 atom stereocenters. The number of likely N-dealkylation sites (N-methyl/N-ethyl adjacent to an activating group) is 1. The molecule has 0 bridgehead atoms.